The van der Waals surface area contributed by atoms with E-state index in [9.17, 15) is 5.11 Å². The van der Waals surface area contributed by atoms with Gasteiger partial charge in [-0.15, -0.1) is 11.3 Å². The molecule has 2 aromatic carbocycles. The fraction of sp³-hybridized carbons (Fsp3) is 0.0714. The first-order valence-corrected chi connectivity index (χ1v) is 8.00. The van der Waals surface area contributed by atoms with E-state index in [0.717, 1.165) is 15.9 Å². The van der Waals surface area contributed by atoms with Crippen LogP contribution in [0, 0.1) is 0 Å². The van der Waals surface area contributed by atoms with Crippen LogP contribution >= 0.6 is 46.1 Å². The Kier molecular flexibility index (Phi) is 4.13. The largest absolute Gasteiger partial charge is 0.506 e. The van der Waals surface area contributed by atoms with Gasteiger partial charge in [-0.3, -0.25) is 0 Å². The van der Waals surface area contributed by atoms with Gasteiger partial charge in [-0.25, -0.2) is 4.98 Å². The average molecular weight is 360 g/mol. The molecule has 0 aliphatic heterocycles. The normalized spacial score (nSPS) is 11.0. The first kappa shape index (κ1) is 14.7. The van der Waals surface area contributed by atoms with E-state index in [1.54, 1.807) is 11.6 Å². The van der Waals surface area contributed by atoms with Gasteiger partial charge in [0.05, 0.1) is 25.9 Å². The molecule has 3 nitrogen and oxygen atoms in total. The number of fused-ring (bicyclic) bond motifs is 1. The Morgan fingerprint density at radius 3 is 2.76 bits per heavy atom. The molecule has 1 aromatic heterocycles. The summed E-state index contributed by atoms with van der Waals surface area (Å²) in [5.74, 6) is 0.00939. The zero-order valence-electron chi connectivity index (χ0n) is 10.5. The van der Waals surface area contributed by atoms with Crippen LogP contribution in [0.1, 0.15) is 5.56 Å². The van der Waals surface area contributed by atoms with Gasteiger partial charge in [0, 0.05) is 17.1 Å². The molecule has 0 aliphatic carbocycles. The number of aromatic nitrogens is 1. The van der Waals surface area contributed by atoms with E-state index in [0.29, 0.717) is 22.2 Å². The van der Waals surface area contributed by atoms with E-state index in [4.69, 9.17) is 34.8 Å². The Balaban J connectivity index is 1.94. The summed E-state index contributed by atoms with van der Waals surface area (Å²) in [6.45, 7) is 0.336. The number of hydrogen-bond acceptors (Lipinski definition) is 4. The van der Waals surface area contributed by atoms with Crippen molar-refractivity contribution >= 4 is 62.0 Å². The van der Waals surface area contributed by atoms with E-state index < -0.39 is 0 Å². The second kappa shape index (κ2) is 5.89. The first-order valence-electron chi connectivity index (χ1n) is 5.98. The molecule has 0 amide bonds. The molecule has 0 saturated carbocycles. The molecule has 0 unspecified atom stereocenters. The van der Waals surface area contributed by atoms with Crippen LogP contribution in [-0.2, 0) is 6.54 Å². The molecule has 2 N–H and O–H groups in total. The summed E-state index contributed by atoms with van der Waals surface area (Å²) >= 11 is 19.6. The van der Waals surface area contributed by atoms with Gasteiger partial charge >= 0.3 is 0 Å². The highest BCUT2D eigenvalue weighted by molar-refractivity contribution is 7.16. The summed E-state index contributed by atoms with van der Waals surface area (Å²) in [5, 5.41) is 14.4. The van der Waals surface area contributed by atoms with Crippen LogP contribution < -0.4 is 5.32 Å². The van der Waals surface area contributed by atoms with Crippen molar-refractivity contribution in [2.75, 3.05) is 5.32 Å². The zero-order chi connectivity index (χ0) is 15.0. The third kappa shape index (κ3) is 2.90. The molecule has 0 saturated heterocycles. The number of halogens is 3. The summed E-state index contributed by atoms with van der Waals surface area (Å²) in [7, 11) is 0. The van der Waals surface area contributed by atoms with Crippen LogP contribution in [0.4, 0.5) is 5.69 Å². The Hall–Kier alpha value is -1.20. The van der Waals surface area contributed by atoms with Crippen molar-refractivity contribution in [3.05, 3.63) is 50.4 Å². The molecule has 0 bridgehead atoms. The number of aromatic hydroxyl groups is 1. The number of anilines is 1. The van der Waals surface area contributed by atoms with Crippen LogP contribution in [0.25, 0.3) is 10.2 Å². The lowest BCUT2D eigenvalue weighted by Crippen LogP contribution is -2.01. The molecule has 0 atom stereocenters. The van der Waals surface area contributed by atoms with Crippen molar-refractivity contribution in [2.45, 2.75) is 6.54 Å². The minimum Gasteiger partial charge on any atom is -0.506 e. The molecule has 0 radical (unpaired) electrons. The molecule has 21 heavy (non-hydrogen) atoms. The van der Waals surface area contributed by atoms with E-state index in [1.807, 2.05) is 12.1 Å². The number of nitrogens with one attached hydrogen (secondary N) is 1. The van der Waals surface area contributed by atoms with E-state index >= 15 is 0 Å². The van der Waals surface area contributed by atoms with E-state index in [-0.39, 0.29) is 10.8 Å². The predicted octanol–water partition coefficient (Wildman–Crippen LogP) is 5.57. The quantitative estimate of drug-likeness (QED) is 0.642. The number of nitrogens with zero attached hydrogens (tertiary/aromatic N) is 1. The Labute approximate surface area is 140 Å². The Morgan fingerprint density at radius 2 is 1.95 bits per heavy atom. The fourth-order valence-corrected chi connectivity index (χ4v) is 3.45. The lowest BCUT2D eigenvalue weighted by Gasteiger charge is -2.11. The van der Waals surface area contributed by atoms with Crippen LogP contribution in [0.5, 0.6) is 5.75 Å². The van der Waals surface area contributed by atoms with Crippen molar-refractivity contribution in [3.63, 3.8) is 0 Å². The van der Waals surface area contributed by atoms with Crippen molar-refractivity contribution in [1.82, 2.24) is 4.98 Å². The minimum atomic E-state index is 0.00939. The minimum absolute atomic E-state index is 0.00939. The summed E-state index contributed by atoms with van der Waals surface area (Å²) in [6, 6.07) is 6.89. The van der Waals surface area contributed by atoms with Gasteiger partial charge in [0.2, 0.25) is 0 Å². The SMILES string of the molecule is Oc1c(Cl)cc(Cl)cc1CNc1c(Cl)ccc2scnc12. The third-order valence-electron chi connectivity index (χ3n) is 3.01. The lowest BCUT2D eigenvalue weighted by atomic mass is 10.2. The van der Waals surface area contributed by atoms with Crippen molar-refractivity contribution < 1.29 is 5.11 Å². The molecule has 108 valence electrons. The number of rotatable bonds is 3. The van der Waals surface area contributed by atoms with Gasteiger partial charge in [0.25, 0.3) is 0 Å². The fourth-order valence-electron chi connectivity index (χ4n) is 2.01. The summed E-state index contributed by atoms with van der Waals surface area (Å²) in [6.07, 6.45) is 0. The zero-order valence-corrected chi connectivity index (χ0v) is 13.6. The summed E-state index contributed by atoms with van der Waals surface area (Å²) < 4.78 is 1.04. The maximum Gasteiger partial charge on any atom is 0.139 e. The Bertz CT molecular complexity index is 819. The Morgan fingerprint density at radius 1 is 1.14 bits per heavy atom. The van der Waals surface area contributed by atoms with Gasteiger partial charge in [-0.2, -0.15) is 0 Å². The highest BCUT2D eigenvalue weighted by atomic mass is 35.5. The van der Waals surface area contributed by atoms with E-state index in [1.165, 1.54) is 17.4 Å². The smallest absolute Gasteiger partial charge is 0.139 e. The highest BCUT2D eigenvalue weighted by Gasteiger charge is 2.11. The highest BCUT2D eigenvalue weighted by Crippen LogP contribution is 2.35. The maximum absolute atomic E-state index is 9.97. The molecule has 1 heterocycles. The van der Waals surface area contributed by atoms with Crippen molar-refractivity contribution in [1.29, 1.82) is 0 Å². The van der Waals surface area contributed by atoms with E-state index in [2.05, 4.69) is 10.3 Å². The second-order valence-corrected chi connectivity index (χ2v) is 6.51. The second-order valence-electron chi connectivity index (χ2n) is 4.37. The number of phenolic OH excluding ortho intramolecular Hbond substituents is 1. The standard InChI is InChI=1S/C14H9Cl3N2OS/c15-8-3-7(14(20)10(17)4-8)5-18-12-9(16)1-2-11-13(12)19-6-21-11/h1-4,6,18,20H,5H2. The van der Waals surface area contributed by atoms with Gasteiger partial charge in [0.15, 0.2) is 0 Å². The molecular weight excluding hydrogens is 351 g/mol. The van der Waals surface area contributed by atoms with Crippen LogP contribution in [0.15, 0.2) is 29.8 Å². The summed E-state index contributed by atoms with van der Waals surface area (Å²) in [4.78, 5) is 4.31. The topological polar surface area (TPSA) is 45.1 Å². The molecule has 7 heteroatoms. The first-order chi connectivity index (χ1) is 10.1. The number of thiazole rings is 1. The van der Waals surface area contributed by atoms with Crippen molar-refractivity contribution in [2.24, 2.45) is 0 Å². The summed E-state index contributed by atoms with van der Waals surface area (Å²) in [5.41, 5.74) is 3.89. The third-order valence-corrected chi connectivity index (χ3v) is 4.63. The van der Waals surface area contributed by atoms with Gasteiger partial charge in [-0.05, 0) is 24.3 Å². The molecular formula is C14H9Cl3N2OS. The van der Waals surface area contributed by atoms with Crippen LogP contribution in [-0.4, -0.2) is 10.1 Å². The maximum atomic E-state index is 9.97. The van der Waals surface area contributed by atoms with Crippen LogP contribution in [0.3, 0.4) is 0 Å². The number of hydrogen-bond donors (Lipinski definition) is 2. The number of phenols is 1. The average Bonchev–Trinajstić information content (AvgIpc) is 2.91. The van der Waals surface area contributed by atoms with Crippen molar-refractivity contribution in [3.8, 4) is 5.75 Å². The predicted molar refractivity (Wildman–Crippen MR) is 90.1 cm³/mol. The molecule has 0 spiro atoms. The van der Waals surface area contributed by atoms with Crippen LogP contribution in [0.2, 0.25) is 15.1 Å². The molecule has 3 rings (SSSR count). The van der Waals surface area contributed by atoms with Gasteiger partial charge in [-0.1, -0.05) is 34.8 Å². The molecule has 0 fully saturated rings. The monoisotopic (exact) mass is 358 g/mol. The van der Waals surface area contributed by atoms with Gasteiger partial charge in [0.1, 0.15) is 11.3 Å². The molecule has 0 aliphatic rings. The lowest BCUT2D eigenvalue weighted by molar-refractivity contribution is 0.469. The van der Waals surface area contributed by atoms with Gasteiger partial charge < -0.3 is 10.4 Å². The molecule has 3 aromatic rings. The number of benzene rings is 2.